The van der Waals surface area contributed by atoms with Crippen LogP contribution in [0.15, 0.2) is 18.2 Å². The molecule has 114 valence electrons. The number of carbonyl (C=O) groups is 2. The van der Waals surface area contributed by atoms with Gasteiger partial charge in [0.2, 0.25) is 0 Å². The Balaban J connectivity index is 2.00. The normalized spacial score (nSPS) is 18.4. The maximum Gasteiger partial charge on any atom is 0.260 e. The number of carbonyl (C=O) groups excluding carboxylic acids is 2. The summed E-state index contributed by atoms with van der Waals surface area (Å²) in [4.78, 5) is 25.3. The van der Waals surface area contributed by atoms with Crippen molar-refractivity contribution in [1.82, 2.24) is 4.90 Å². The number of primary amides is 1. The third-order valence-corrected chi connectivity index (χ3v) is 3.81. The number of hydrogen-bond donors (Lipinski definition) is 1. The quantitative estimate of drug-likeness (QED) is 0.925. The molecule has 1 aromatic carbocycles. The zero-order chi connectivity index (χ0) is 15.4. The van der Waals surface area contributed by atoms with Crippen molar-refractivity contribution >= 4 is 23.4 Å². The second-order valence-corrected chi connectivity index (χ2v) is 5.82. The number of rotatable bonds is 4. The van der Waals surface area contributed by atoms with Gasteiger partial charge in [-0.3, -0.25) is 9.59 Å². The molecular formula is C15H19ClN2O3. The summed E-state index contributed by atoms with van der Waals surface area (Å²) >= 11 is 5.88. The van der Waals surface area contributed by atoms with Crippen molar-refractivity contribution in [2.75, 3.05) is 19.7 Å². The van der Waals surface area contributed by atoms with Crippen LogP contribution in [0, 0.1) is 5.92 Å². The maximum absolute atomic E-state index is 12.1. The molecule has 0 aromatic heterocycles. The number of likely N-dealkylation sites (tertiary alicyclic amines) is 1. The van der Waals surface area contributed by atoms with Gasteiger partial charge in [-0.05, 0) is 37.0 Å². The third-order valence-electron chi connectivity index (χ3n) is 3.57. The summed E-state index contributed by atoms with van der Waals surface area (Å²) in [5, 5.41) is 0.425. The second kappa shape index (κ2) is 6.80. The summed E-state index contributed by atoms with van der Waals surface area (Å²) in [6, 6.07) is 4.55. The fraction of sp³-hybridized carbons (Fsp3) is 0.467. The van der Waals surface area contributed by atoms with Crippen LogP contribution in [0.1, 0.15) is 30.1 Å². The molecule has 2 amide bonds. The van der Waals surface area contributed by atoms with Crippen molar-refractivity contribution in [3.63, 3.8) is 0 Å². The Morgan fingerprint density at radius 1 is 1.48 bits per heavy atom. The summed E-state index contributed by atoms with van der Waals surface area (Å²) in [6.45, 7) is 3.51. The summed E-state index contributed by atoms with van der Waals surface area (Å²) < 4.78 is 5.45. The molecule has 1 aromatic rings. The molecule has 21 heavy (non-hydrogen) atoms. The lowest BCUT2D eigenvalue weighted by atomic mass is 10.0. The van der Waals surface area contributed by atoms with E-state index >= 15 is 0 Å². The van der Waals surface area contributed by atoms with Crippen LogP contribution in [0.5, 0.6) is 5.75 Å². The van der Waals surface area contributed by atoms with E-state index in [-0.39, 0.29) is 23.8 Å². The van der Waals surface area contributed by atoms with E-state index in [1.807, 2.05) is 0 Å². The fourth-order valence-corrected chi connectivity index (χ4v) is 2.63. The number of benzene rings is 1. The molecule has 0 saturated carbocycles. The molecule has 0 aliphatic carbocycles. The van der Waals surface area contributed by atoms with Gasteiger partial charge in [0.15, 0.2) is 6.61 Å². The number of hydrogen-bond acceptors (Lipinski definition) is 3. The number of halogens is 1. The van der Waals surface area contributed by atoms with Gasteiger partial charge in [-0.25, -0.2) is 0 Å². The molecule has 1 aliphatic heterocycles. The van der Waals surface area contributed by atoms with Gasteiger partial charge in [0.05, 0.1) is 5.56 Å². The average Bonchev–Trinajstić information content (AvgIpc) is 2.44. The van der Waals surface area contributed by atoms with Gasteiger partial charge in [-0.15, -0.1) is 0 Å². The van der Waals surface area contributed by atoms with Gasteiger partial charge < -0.3 is 15.4 Å². The minimum absolute atomic E-state index is 0.0862. The van der Waals surface area contributed by atoms with Crippen LogP contribution >= 0.6 is 11.6 Å². The van der Waals surface area contributed by atoms with Crippen LogP contribution < -0.4 is 10.5 Å². The Morgan fingerprint density at radius 2 is 2.24 bits per heavy atom. The van der Waals surface area contributed by atoms with E-state index in [0.29, 0.717) is 10.9 Å². The van der Waals surface area contributed by atoms with Crippen molar-refractivity contribution in [3.8, 4) is 5.75 Å². The van der Waals surface area contributed by atoms with E-state index in [0.717, 1.165) is 25.9 Å². The molecular weight excluding hydrogens is 292 g/mol. The van der Waals surface area contributed by atoms with Crippen LogP contribution in [0.25, 0.3) is 0 Å². The Labute approximate surface area is 129 Å². The largest absolute Gasteiger partial charge is 0.483 e. The number of nitrogens with two attached hydrogens (primary N) is 1. The first-order valence-electron chi connectivity index (χ1n) is 6.97. The molecule has 1 atom stereocenters. The molecule has 1 saturated heterocycles. The van der Waals surface area contributed by atoms with E-state index in [2.05, 4.69) is 6.92 Å². The molecule has 1 fully saturated rings. The van der Waals surface area contributed by atoms with Crippen molar-refractivity contribution in [3.05, 3.63) is 28.8 Å². The second-order valence-electron chi connectivity index (χ2n) is 5.38. The van der Waals surface area contributed by atoms with Gasteiger partial charge >= 0.3 is 0 Å². The van der Waals surface area contributed by atoms with Gasteiger partial charge in [-0.1, -0.05) is 18.5 Å². The molecule has 2 N–H and O–H groups in total. The van der Waals surface area contributed by atoms with Crippen molar-refractivity contribution in [2.45, 2.75) is 19.8 Å². The van der Waals surface area contributed by atoms with E-state index in [4.69, 9.17) is 22.1 Å². The summed E-state index contributed by atoms with van der Waals surface area (Å²) in [7, 11) is 0. The zero-order valence-corrected chi connectivity index (χ0v) is 12.7. The number of nitrogens with zero attached hydrogens (tertiary/aromatic N) is 1. The van der Waals surface area contributed by atoms with Gasteiger partial charge in [0.25, 0.3) is 11.8 Å². The third kappa shape index (κ3) is 4.11. The molecule has 1 unspecified atom stereocenters. The Kier molecular flexibility index (Phi) is 5.07. The fourth-order valence-electron chi connectivity index (χ4n) is 2.47. The van der Waals surface area contributed by atoms with Crippen LogP contribution in [-0.4, -0.2) is 36.4 Å². The lowest BCUT2D eigenvalue weighted by Crippen LogP contribution is -2.41. The van der Waals surface area contributed by atoms with Crippen molar-refractivity contribution in [2.24, 2.45) is 11.7 Å². The highest BCUT2D eigenvalue weighted by atomic mass is 35.5. The Hall–Kier alpha value is -1.75. The lowest BCUT2D eigenvalue weighted by Gasteiger charge is -2.30. The molecule has 0 radical (unpaired) electrons. The van der Waals surface area contributed by atoms with Crippen LogP contribution in [-0.2, 0) is 4.79 Å². The predicted molar refractivity (Wildman–Crippen MR) is 80.4 cm³/mol. The minimum atomic E-state index is -0.610. The predicted octanol–water partition coefficient (Wildman–Crippen LogP) is 2.08. The first-order chi connectivity index (χ1) is 9.97. The van der Waals surface area contributed by atoms with E-state index in [9.17, 15) is 9.59 Å². The molecule has 0 bridgehead atoms. The van der Waals surface area contributed by atoms with Crippen LogP contribution in [0.4, 0.5) is 0 Å². The topological polar surface area (TPSA) is 72.6 Å². The summed E-state index contributed by atoms with van der Waals surface area (Å²) in [5.74, 6) is 0.0566. The first-order valence-corrected chi connectivity index (χ1v) is 7.35. The number of piperidine rings is 1. The average molecular weight is 311 g/mol. The summed E-state index contributed by atoms with van der Waals surface area (Å²) in [6.07, 6.45) is 2.15. The first kappa shape index (κ1) is 15.6. The lowest BCUT2D eigenvalue weighted by molar-refractivity contribution is -0.135. The van der Waals surface area contributed by atoms with Crippen LogP contribution in [0.2, 0.25) is 5.02 Å². The van der Waals surface area contributed by atoms with Crippen molar-refractivity contribution < 1.29 is 14.3 Å². The van der Waals surface area contributed by atoms with Crippen LogP contribution in [0.3, 0.4) is 0 Å². The SMILES string of the molecule is CC1CCCN(C(=O)COc2cc(Cl)ccc2C(N)=O)C1. The van der Waals surface area contributed by atoms with E-state index in [1.165, 1.54) is 12.1 Å². The van der Waals surface area contributed by atoms with Gasteiger partial charge in [0.1, 0.15) is 5.75 Å². The molecule has 1 heterocycles. The van der Waals surface area contributed by atoms with E-state index in [1.54, 1.807) is 11.0 Å². The molecule has 6 heteroatoms. The molecule has 5 nitrogen and oxygen atoms in total. The van der Waals surface area contributed by atoms with Gasteiger partial charge in [0, 0.05) is 18.1 Å². The highest BCUT2D eigenvalue weighted by molar-refractivity contribution is 6.30. The molecule has 0 spiro atoms. The zero-order valence-electron chi connectivity index (χ0n) is 12.0. The van der Waals surface area contributed by atoms with Gasteiger partial charge in [-0.2, -0.15) is 0 Å². The van der Waals surface area contributed by atoms with Crippen molar-refractivity contribution in [1.29, 1.82) is 0 Å². The Bertz CT molecular complexity index is 548. The maximum atomic E-state index is 12.1. The van der Waals surface area contributed by atoms with E-state index < -0.39 is 5.91 Å². The monoisotopic (exact) mass is 310 g/mol. The minimum Gasteiger partial charge on any atom is -0.483 e. The Morgan fingerprint density at radius 3 is 2.90 bits per heavy atom. The number of ether oxygens (including phenoxy) is 1. The molecule has 2 rings (SSSR count). The molecule has 1 aliphatic rings. The number of amides is 2. The smallest absolute Gasteiger partial charge is 0.260 e. The highest BCUT2D eigenvalue weighted by Crippen LogP contribution is 2.23. The highest BCUT2D eigenvalue weighted by Gasteiger charge is 2.21. The summed E-state index contributed by atoms with van der Waals surface area (Å²) in [5.41, 5.74) is 5.50. The standard InChI is InChI=1S/C15H19ClN2O3/c1-10-3-2-6-18(8-10)14(19)9-21-13-7-11(16)4-5-12(13)15(17)20/h4-5,7,10H,2-3,6,8-9H2,1H3,(H2,17,20).